The fourth-order valence-corrected chi connectivity index (χ4v) is 4.77. The van der Waals surface area contributed by atoms with Crippen LogP contribution in [-0.4, -0.2) is 14.3 Å². The lowest BCUT2D eigenvalue weighted by Crippen LogP contribution is -2.41. The van der Waals surface area contributed by atoms with Crippen LogP contribution in [-0.2, 0) is 22.9 Å². The number of nitrogens with one attached hydrogen (secondary N) is 2. The number of aryl methyl sites for hydroxylation is 1. The average Bonchev–Trinajstić information content (AvgIpc) is 3.03. The molecule has 1 amide bonds. The fourth-order valence-electron chi connectivity index (χ4n) is 2.78. The summed E-state index contributed by atoms with van der Waals surface area (Å²) in [6.07, 6.45) is 3.02. The summed E-state index contributed by atoms with van der Waals surface area (Å²) in [7, 11) is -3.94. The van der Waals surface area contributed by atoms with Crippen LogP contribution in [0.15, 0.2) is 35.2 Å². The van der Waals surface area contributed by atoms with Gasteiger partial charge in [0.25, 0.3) is 15.9 Å². The molecule has 1 unspecified atom stereocenters. The van der Waals surface area contributed by atoms with Gasteiger partial charge in [0.05, 0.1) is 21.4 Å². The van der Waals surface area contributed by atoms with Crippen LogP contribution in [0, 0.1) is 17.2 Å². The van der Waals surface area contributed by atoms with Crippen LogP contribution >= 0.6 is 11.3 Å². The van der Waals surface area contributed by atoms with Gasteiger partial charge < -0.3 is 0 Å². The molecule has 0 aliphatic heterocycles. The highest BCUT2D eigenvalue weighted by Crippen LogP contribution is 2.32. The van der Waals surface area contributed by atoms with E-state index in [2.05, 4.69) is 17.2 Å². The zero-order valence-corrected chi connectivity index (χ0v) is 15.2. The van der Waals surface area contributed by atoms with Crippen molar-refractivity contribution < 1.29 is 13.2 Å². The molecule has 1 aliphatic carbocycles. The maximum Gasteiger partial charge on any atom is 0.276 e. The Morgan fingerprint density at radius 2 is 2.16 bits per heavy atom. The molecule has 1 atom stereocenters. The molecule has 6 nitrogen and oxygen atoms in total. The highest BCUT2D eigenvalue weighted by atomic mass is 32.2. The molecule has 1 heterocycles. The van der Waals surface area contributed by atoms with Gasteiger partial charge in [0.1, 0.15) is 0 Å². The summed E-state index contributed by atoms with van der Waals surface area (Å²) >= 11 is 1.41. The molecule has 3 rings (SSSR count). The first-order chi connectivity index (χ1) is 11.9. The Morgan fingerprint density at radius 1 is 1.36 bits per heavy atom. The molecule has 0 spiro atoms. The number of carbonyl (C=O) groups is 1. The fraction of sp³-hybridized carbons (Fsp3) is 0.294. The first-order valence-corrected chi connectivity index (χ1v) is 10.1. The highest BCUT2D eigenvalue weighted by Gasteiger charge is 2.22. The lowest BCUT2D eigenvalue weighted by atomic mass is 9.90. The summed E-state index contributed by atoms with van der Waals surface area (Å²) in [5, 5.41) is 8.86. The predicted molar refractivity (Wildman–Crippen MR) is 94.5 cm³/mol. The van der Waals surface area contributed by atoms with Crippen LogP contribution in [0.2, 0.25) is 0 Å². The molecule has 1 aromatic carbocycles. The SMILES string of the molecule is CC1CCc2sc(C(=O)NNS(=O)(=O)c3cccc(C#N)c3)cc2C1. The maximum atomic E-state index is 12.3. The third-order valence-electron chi connectivity index (χ3n) is 4.13. The topological polar surface area (TPSA) is 99.1 Å². The highest BCUT2D eigenvalue weighted by molar-refractivity contribution is 7.89. The molecule has 1 aromatic heterocycles. The molecule has 0 radical (unpaired) electrons. The minimum absolute atomic E-state index is 0.0776. The van der Waals surface area contributed by atoms with Crippen LogP contribution in [0.1, 0.15) is 39.0 Å². The zero-order valence-electron chi connectivity index (χ0n) is 13.6. The first kappa shape index (κ1) is 17.6. The molecule has 2 aromatic rings. The Kier molecular flexibility index (Phi) is 4.90. The molecule has 0 saturated carbocycles. The second kappa shape index (κ2) is 6.96. The third-order valence-corrected chi connectivity index (χ3v) is 6.61. The van der Waals surface area contributed by atoms with Crippen LogP contribution in [0.25, 0.3) is 0 Å². The van der Waals surface area contributed by atoms with E-state index in [4.69, 9.17) is 5.26 Å². The van der Waals surface area contributed by atoms with E-state index in [-0.39, 0.29) is 10.5 Å². The lowest BCUT2D eigenvalue weighted by Gasteiger charge is -2.16. The van der Waals surface area contributed by atoms with Crippen LogP contribution in [0.4, 0.5) is 0 Å². The van der Waals surface area contributed by atoms with Crippen molar-refractivity contribution in [3.8, 4) is 6.07 Å². The van der Waals surface area contributed by atoms with E-state index in [0.29, 0.717) is 10.8 Å². The van der Waals surface area contributed by atoms with Crippen molar-refractivity contribution in [3.05, 3.63) is 51.2 Å². The molecule has 2 N–H and O–H groups in total. The standard InChI is InChI=1S/C17H17N3O3S2/c1-11-5-6-15-13(7-11)9-16(24-15)17(21)19-20-25(22,23)14-4-2-3-12(8-14)10-18/h2-4,8-9,11,20H,5-7H2,1H3,(H,19,21). The maximum absolute atomic E-state index is 12.3. The van der Waals surface area contributed by atoms with Gasteiger partial charge in [-0.05, 0) is 55.0 Å². The summed E-state index contributed by atoms with van der Waals surface area (Å²) in [6, 6.07) is 9.32. The molecule has 8 heteroatoms. The van der Waals surface area contributed by atoms with Crippen LogP contribution in [0.3, 0.4) is 0 Å². The minimum Gasteiger partial charge on any atom is -0.273 e. The second-order valence-corrected chi connectivity index (χ2v) is 8.93. The van der Waals surface area contributed by atoms with E-state index < -0.39 is 15.9 Å². The smallest absolute Gasteiger partial charge is 0.273 e. The Bertz CT molecular complexity index is 958. The van der Waals surface area contributed by atoms with Crippen molar-refractivity contribution in [1.29, 1.82) is 5.26 Å². The van der Waals surface area contributed by atoms with E-state index in [1.54, 1.807) is 0 Å². The lowest BCUT2D eigenvalue weighted by molar-refractivity contribution is 0.0949. The summed E-state index contributed by atoms with van der Waals surface area (Å²) in [4.78, 5) is 16.0. The first-order valence-electron chi connectivity index (χ1n) is 7.83. The Balaban J connectivity index is 1.70. The van der Waals surface area contributed by atoms with Gasteiger partial charge in [0, 0.05) is 4.88 Å². The Hall–Kier alpha value is -2.21. The normalized spacial score (nSPS) is 16.7. The van der Waals surface area contributed by atoms with Gasteiger partial charge in [-0.2, -0.15) is 5.26 Å². The van der Waals surface area contributed by atoms with Crippen molar-refractivity contribution in [3.63, 3.8) is 0 Å². The van der Waals surface area contributed by atoms with E-state index in [1.807, 2.05) is 12.1 Å². The van der Waals surface area contributed by atoms with Crippen molar-refractivity contribution in [2.75, 3.05) is 0 Å². The van der Waals surface area contributed by atoms with Gasteiger partial charge >= 0.3 is 0 Å². The number of sulfonamides is 1. The van der Waals surface area contributed by atoms with Crippen LogP contribution < -0.4 is 10.3 Å². The molecule has 130 valence electrons. The number of fused-ring (bicyclic) bond motifs is 1. The van der Waals surface area contributed by atoms with Crippen molar-refractivity contribution in [1.82, 2.24) is 10.3 Å². The number of hydrogen-bond acceptors (Lipinski definition) is 5. The van der Waals surface area contributed by atoms with Gasteiger partial charge in [-0.1, -0.05) is 13.0 Å². The van der Waals surface area contributed by atoms with Crippen molar-refractivity contribution in [2.45, 2.75) is 31.1 Å². The second-order valence-electron chi connectivity index (χ2n) is 6.11. The summed E-state index contributed by atoms with van der Waals surface area (Å²) < 4.78 is 24.5. The number of hydrazine groups is 1. The van der Waals surface area contributed by atoms with E-state index in [9.17, 15) is 13.2 Å². The van der Waals surface area contributed by atoms with Crippen molar-refractivity contribution >= 4 is 27.3 Å². The Labute approximate surface area is 150 Å². The number of benzene rings is 1. The van der Waals surface area contributed by atoms with E-state index in [1.165, 1.54) is 46.0 Å². The van der Waals surface area contributed by atoms with Gasteiger partial charge in [-0.15, -0.1) is 16.2 Å². The number of nitriles is 1. The summed E-state index contributed by atoms with van der Waals surface area (Å²) in [5.74, 6) is 0.121. The number of nitrogens with zero attached hydrogens (tertiary/aromatic N) is 1. The molecule has 0 fully saturated rings. The van der Waals surface area contributed by atoms with E-state index >= 15 is 0 Å². The van der Waals surface area contributed by atoms with Gasteiger partial charge in [-0.3, -0.25) is 10.2 Å². The molecule has 25 heavy (non-hydrogen) atoms. The summed E-state index contributed by atoms with van der Waals surface area (Å²) in [5.41, 5.74) is 3.66. The summed E-state index contributed by atoms with van der Waals surface area (Å²) in [6.45, 7) is 2.18. The minimum atomic E-state index is -3.94. The monoisotopic (exact) mass is 375 g/mol. The number of thiophene rings is 1. The third kappa shape index (κ3) is 3.90. The molecular weight excluding hydrogens is 358 g/mol. The largest absolute Gasteiger partial charge is 0.276 e. The number of rotatable bonds is 4. The number of hydrogen-bond donors (Lipinski definition) is 2. The molecule has 1 aliphatic rings. The molecule has 0 bridgehead atoms. The van der Waals surface area contributed by atoms with Gasteiger partial charge in [0.15, 0.2) is 0 Å². The predicted octanol–water partition coefficient (Wildman–Crippen LogP) is 2.37. The van der Waals surface area contributed by atoms with Crippen LogP contribution in [0.5, 0.6) is 0 Å². The van der Waals surface area contributed by atoms with Gasteiger partial charge in [0.2, 0.25) is 0 Å². The molecular formula is C17H17N3O3S2. The zero-order chi connectivity index (χ0) is 18.0. The number of amides is 1. The van der Waals surface area contributed by atoms with Gasteiger partial charge in [-0.25, -0.2) is 8.42 Å². The van der Waals surface area contributed by atoms with Crippen molar-refractivity contribution in [2.24, 2.45) is 5.92 Å². The Morgan fingerprint density at radius 3 is 2.92 bits per heavy atom. The van der Waals surface area contributed by atoms with E-state index in [0.717, 1.165) is 19.3 Å². The molecule has 0 saturated heterocycles. The average molecular weight is 375 g/mol. The quantitative estimate of drug-likeness (QED) is 0.802. The number of carbonyl (C=O) groups excluding carboxylic acids is 1.